The van der Waals surface area contributed by atoms with E-state index in [9.17, 15) is 4.79 Å². The van der Waals surface area contributed by atoms with Gasteiger partial charge in [-0.2, -0.15) is 0 Å². The Kier molecular flexibility index (Phi) is 7.94. The lowest BCUT2D eigenvalue weighted by atomic mass is 10.2. The van der Waals surface area contributed by atoms with Crippen molar-refractivity contribution in [2.24, 2.45) is 0 Å². The van der Waals surface area contributed by atoms with E-state index in [1.54, 1.807) is 13.2 Å². The fourth-order valence-electron chi connectivity index (χ4n) is 3.09. The van der Waals surface area contributed by atoms with Crippen LogP contribution < -0.4 is 14.8 Å². The molecule has 1 amide bonds. The summed E-state index contributed by atoms with van der Waals surface area (Å²) >= 11 is 1.35. The molecule has 2 aromatic carbocycles. The molecular weight excluding hydrogens is 412 g/mol. The lowest BCUT2D eigenvalue weighted by Gasteiger charge is -2.16. The highest BCUT2D eigenvalue weighted by molar-refractivity contribution is 7.99. The molecule has 1 N–H and O–H groups in total. The number of nitrogens with zero attached hydrogens (tertiary/aromatic N) is 3. The van der Waals surface area contributed by atoms with Gasteiger partial charge in [0.25, 0.3) is 0 Å². The molecule has 3 rings (SSSR count). The van der Waals surface area contributed by atoms with Gasteiger partial charge in [-0.05, 0) is 50.1 Å². The molecule has 1 heterocycles. The van der Waals surface area contributed by atoms with Gasteiger partial charge < -0.3 is 19.4 Å². The van der Waals surface area contributed by atoms with Crippen LogP contribution in [0.3, 0.4) is 0 Å². The predicted molar refractivity (Wildman–Crippen MR) is 123 cm³/mol. The van der Waals surface area contributed by atoms with Crippen LogP contribution in [-0.4, -0.2) is 33.5 Å². The molecular formula is C23H28N4O3S. The molecule has 0 saturated carbocycles. The molecule has 8 heteroatoms. The standard InChI is InChI=1S/C23H28N4O3S/c1-5-17-10-12-19(13-11-17)30-16(3)22-25-26-23(27(22)6-2)31-15-21(28)24-18-8-7-9-20(14-18)29-4/h7-14,16H,5-6,15H2,1-4H3,(H,24,28)/t16-/m0/s1. The van der Waals surface area contributed by atoms with Crippen molar-refractivity contribution >= 4 is 23.4 Å². The van der Waals surface area contributed by atoms with Gasteiger partial charge in [-0.25, -0.2) is 0 Å². The number of aromatic nitrogens is 3. The van der Waals surface area contributed by atoms with Crippen LogP contribution in [0.2, 0.25) is 0 Å². The molecule has 0 saturated heterocycles. The third-order valence-corrected chi connectivity index (χ3v) is 5.72. The molecule has 0 radical (unpaired) electrons. The minimum atomic E-state index is -0.264. The van der Waals surface area contributed by atoms with Crippen molar-refractivity contribution in [3.8, 4) is 11.5 Å². The number of rotatable bonds is 10. The zero-order valence-electron chi connectivity index (χ0n) is 18.3. The Hall–Kier alpha value is -3.00. The van der Waals surface area contributed by atoms with Gasteiger partial charge in [0.05, 0.1) is 12.9 Å². The maximum atomic E-state index is 12.4. The van der Waals surface area contributed by atoms with Crippen molar-refractivity contribution in [1.29, 1.82) is 0 Å². The summed E-state index contributed by atoms with van der Waals surface area (Å²) in [6, 6.07) is 15.3. The second-order valence-corrected chi connectivity index (χ2v) is 7.85. The molecule has 0 aliphatic heterocycles. The molecule has 0 spiro atoms. The normalized spacial score (nSPS) is 11.7. The molecule has 7 nitrogen and oxygen atoms in total. The van der Waals surface area contributed by atoms with Gasteiger partial charge in [-0.15, -0.1) is 10.2 Å². The Morgan fingerprint density at radius 3 is 2.58 bits per heavy atom. The van der Waals surface area contributed by atoms with Gasteiger partial charge in [-0.3, -0.25) is 4.79 Å². The Morgan fingerprint density at radius 2 is 1.90 bits per heavy atom. The highest BCUT2D eigenvalue weighted by Crippen LogP contribution is 2.25. The Bertz CT molecular complexity index is 1000. The van der Waals surface area contributed by atoms with Crippen LogP contribution in [0.15, 0.2) is 53.7 Å². The van der Waals surface area contributed by atoms with Gasteiger partial charge >= 0.3 is 0 Å². The first kappa shape index (κ1) is 22.7. The van der Waals surface area contributed by atoms with Crippen LogP contribution >= 0.6 is 11.8 Å². The largest absolute Gasteiger partial charge is 0.497 e. The van der Waals surface area contributed by atoms with Gasteiger partial charge in [0.1, 0.15) is 11.5 Å². The van der Waals surface area contributed by atoms with E-state index in [0.717, 1.165) is 18.0 Å². The minimum absolute atomic E-state index is 0.120. The van der Waals surface area contributed by atoms with E-state index >= 15 is 0 Å². The topological polar surface area (TPSA) is 78.3 Å². The summed E-state index contributed by atoms with van der Waals surface area (Å²) in [5.41, 5.74) is 1.96. The van der Waals surface area contributed by atoms with E-state index in [1.807, 2.05) is 48.7 Å². The number of amides is 1. The SMILES string of the molecule is CCc1ccc(O[C@@H](C)c2nnc(SCC(=O)Nc3cccc(OC)c3)n2CC)cc1. The summed E-state index contributed by atoms with van der Waals surface area (Å²) in [5, 5.41) is 12.2. The first-order valence-corrected chi connectivity index (χ1v) is 11.3. The average molecular weight is 441 g/mol. The first-order chi connectivity index (χ1) is 15.0. The molecule has 0 unspecified atom stereocenters. The summed E-state index contributed by atoms with van der Waals surface area (Å²) in [4.78, 5) is 12.4. The van der Waals surface area contributed by atoms with Crippen LogP contribution in [-0.2, 0) is 17.8 Å². The Labute approximate surface area is 187 Å². The number of ether oxygens (including phenoxy) is 2. The zero-order valence-corrected chi connectivity index (χ0v) is 19.1. The molecule has 3 aromatic rings. The summed E-state index contributed by atoms with van der Waals surface area (Å²) in [5.74, 6) is 2.33. The van der Waals surface area contributed by atoms with Crippen molar-refractivity contribution in [3.05, 3.63) is 59.9 Å². The zero-order chi connectivity index (χ0) is 22.2. The lowest BCUT2D eigenvalue weighted by molar-refractivity contribution is -0.113. The highest BCUT2D eigenvalue weighted by atomic mass is 32.2. The van der Waals surface area contributed by atoms with Crippen LogP contribution in [0.25, 0.3) is 0 Å². The fourth-order valence-corrected chi connectivity index (χ4v) is 3.90. The number of hydrogen-bond donors (Lipinski definition) is 1. The van der Waals surface area contributed by atoms with Gasteiger partial charge in [0.15, 0.2) is 17.1 Å². The van der Waals surface area contributed by atoms with Gasteiger partial charge in [0, 0.05) is 18.3 Å². The van der Waals surface area contributed by atoms with Crippen LogP contribution in [0.1, 0.15) is 38.3 Å². The molecule has 0 aliphatic rings. The summed E-state index contributed by atoms with van der Waals surface area (Å²) in [6.45, 7) is 6.78. The number of thioether (sulfide) groups is 1. The van der Waals surface area contributed by atoms with E-state index in [2.05, 4.69) is 34.6 Å². The third-order valence-electron chi connectivity index (χ3n) is 4.76. The van der Waals surface area contributed by atoms with Crippen molar-refractivity contribution in [2.45, 2.75) is 45.0 Å². The molecule has 164 valence electrons. The van der Waals surface area contributed by atoms with E-state index in [0.29, 0.717) is 23.1 Å². The number of methoxy groups -OCH3 is 1. The Balaban J connectivity index is 1.61. The van der Waals surface area contributed by atoms with Crippen molar-refractivity contribution < 1.29 is 14.3 Å². The molecule has 1 atom stereocenters. The number of nitrogens with one attached hydrogen (secondary N) is 1. The van der Waals surface area contributed by atoms with Crippen LogP contribution in [0, 0.1) is 0 Å². The maximum Gasteiger partial charge on any atom is 0.234 e. The third kappa shape index (κ3) is 6.01. The first-order valence-electron chi connectivity index (χ1n) is 10.3. The average Bonchev–Trinajstić information content (AvgIpc) is 3.21. The lowest BCUT2D eigenvalue weighted by Crippen LogP contribution is -2.15. The number of hydrogen-bond acceptors (Lipinski definition) is 6. The second-order valence-electron chi connectivity index (χ2n) is 6.91. The Morgan fingerprint density at radius 1 is 1.13 bits per heavy atom. The minimum Gasteiger partial charge on any atom is -0.497 e. The van der Waals surface area contributed by atoms with Crippen molar-refractivity contribution in [1.82, 2.24) is 14.8 Å². The smallest absolute Gasteiger partial charge is 0.234 e. The summed E-state index contributed by atoms with van der Waals surface area (Å²) in [6.07, 6.45) is 0.728. The van der Waals surface area contributed by atoms with Crippen molar-refractivity contribution in [2.75, 3.05) is 18.2 Å². The summed E-state index contributed by atoms with van der Waals surface area (Å²) in [7, 11) is 1.59. The predicted octanol–water partition coefficient (Wildman–Crippen LogP) is 4.74. The van der Waals surface area contributed by atoms with Crippen molar-refractivity contribution in [3.63, 3.8) is 0 Å². The van der Waals surface area contributed by atoms with E-state index in [4.69, 9.17) is 9.47 Å². The molecule has 0 bridgehead atoms. The number of aryl methyl sites for hydroxylation is 1. The van der Waals surface area contributed by atoms with Gasteiger partial charge in [0.2, 0.25) is 5.91 Å². The highest BCUT2D eigenvalue weighted by Gasteiger charge is 2.19. The van der Waals surface area contributed by atoms with E-state index < -0.39 is 0 Å². The second kappa shape index (κ2) is 10.9. The van der Waals surface area contributed by atoms with Crippen LogP contribution in [0.5, 0.6) is 11.5 Å². The van der Waals surface area contributed by atoms with Crippen LogP contribution in [0.4, 0.5) is 5.69 Å². The number of carbonyl (C=O) groups is 1. The monoisotopic (exact) mass is 440 g/mol. The number of carbonyl (C=O) groups excluding carboxylic acids is 1. The quantitative estimate of drug-likeness (QED) is 0.459. The maximum absolute atomic E-state index is 12.4. The molecule has 1 aromatic heterocycles. The fraction of sp³-hybridized carbons (Fsp3) is 0.348. The van der Waals surface area contributed by atoms with E-state index in [-0.39, 0.29) is 17.8 Å². The summed E-state index contributed by atoms with van der Waals surface area (Å²) < 4.78 is 13.2. The van der Waals surface area contributed by atoms with Gasteiger partial charge in [-0.1, -0.05) is 36.9 Å². The molecule has 0 aliphatic carbocycles. The number of anilines is 1. The van der Waals surface area contributed by atoms with E-state index in [1.165, 1.54) is 17.3 Å². The number of benzene rings is 2. The molecule has 0 fully saturated rings. The molecule has 31 heavy (non-hydrogen) atoms.